The van der Waals surface area contributed by atoms with E-state index < -0.39 is 10.0 Å². The van der Waals surface area contributed by atoms with Crippen LogP contribution in [0.3, 0.4) is 0 Å². The summed E-state index contributed by atoms with van der Waals surface area (Å²) in [6.45, 7) is 7.72. The predicted octanol–water partition coefficient (Wildman–Crippen LogP) is 2.13. The van der Waals surface area contributed by atoms with Gasteiger partial charge in [-0.15, -0.1) is 11.3 Å². The molecule has 0 bridgehead atoms. The Bertz CT molecular complexity index is 466. The Kier molecular flexibility index (Phi) is 5.78. The molecule has 0 unspecified atom stereocenters. The van der Waals surface area contributed by atoms with E-state index >= 15 is 0 Å². The monoisotopic (exact) mass is 290 g/mol. The molecule has 1 aromatic rings. The highest BCUT2D eigenvalue weighted by Crippen LogP contribution is 2.25. The minimum absolute atomic E-state index is 0.330. The summed E-state index contributed by atoms with van der Waals surface area (Å²) in [5.74, 6) is 0.330. The van der Waals surface area contributed by atoms with Crippen LogP contribution in [0, 0.1) is 5.92 Å². The Balaban J connectivity index is 2.95. The molecule has 0 saturated carbocycles. The van der Waals surface area contributed by atoms with Crippen molar-refractivity contribution in [3.8, 4) is 0 Å². The molecule has 18 heavy (non-hydrogen) atoms. The maximum Gasteiger partial charge on any atom is 0.252 e. The first kappa shape index (κ1) is 15.6. The molecule has 0 aromatic carbocycles. The van der Waals surface area contributed by atoms with Crippen molar-refractivity contribution in [2.24, 2.45) is 5.92 Å². The van der Waals surface area contributed by atoms with Gasteiger partial charge in [0.2, 0.25) is 0 Å². The van der Waals surface area contributed by atoms with Gasteiger partial charge in [0.1, 0.15) is 4.21 Å². The van der Waals surface area contributed by atoms with Gasteiger partial charge in [0.15, 0.2) is 0 Å². The van der Waals surface area contributed by atoms with E-state index in [1.807, 2.05) is 33.9 Å². The van der Waals surface area contributed by atoms with Crippen molar-refractivity contribution >= 4 is 21.4 Å². The third-order valence-electron chi connectivity index (χ3n) is 2.50. The van der Waals surface area contributed by atoms with Crippen molar-refractivity contribution < 1.29 is 8.42 Å². The number of nitrogens with one attached hydrogen (secondary N) is 1. The molecule has 0 aliphatic rings. The van der Waals surface area contributed by atoms with E-state index in [0.717, 1.165) is 4.88 Å². The molecule has 6 heteroatoms. The zero-order chi connectivity index (χ0) is 13.8. The van der Waals surface area contributed by atoms with Gasteiger partial charge in [-0.2, -0.15) is 4.31 Å². The van der Waals surface area contributed by atoms with Gasteiger partial charge >= 0.3 is 0 Å². The van der Waals surface area contributed by atoms with E-state index in [1.54, 1.807) is 10.4 Å². The molecule has 1 heterocycles. The molecule has 1 N–H and O–H groups in total. The summed E-state index contributed by atoms with van der Waals surface area (Å²) in [6, 6.07) is 3.58. The first-order chi connectivity index (χ1) is 8.41. The Labute approximate surface area is 114 Å². The van der Waals surface area contributed by atoms with E-state index in [0.29, 0.717) is 29.8 Å². The molecule has 0 aliphatic heterocycles. The standard InChI is InChI=1S/C12H22N2O2S2/c1-5-14(9-10(2)3)18(15,16)12-7-6-11(17-12)8-13-4/h6-7,10,13H,5,8-9H2,1-4H3. The molecule has 0 fully saturated rings. The van der Waals surface area contributed by atoms with Crippen LogP contribution >= 0.6 is 11.3 Å². The number of hydrogen-bond acceptors (Lipinski definition) is 4. The van der Waals surface area contributed by atoms with Gasteiger partial charge in [0, 0.05) is 24.5 Å². The van der Waals surface area contributed by atoms with E-state index in [4.69, 9.17) is 0 Å². The second-order valence-corrected chi connectivity index (χ2v) is 7.93. The highest BCUT2D eigenvalue weighted by Gasteiger charge is 2.25. The topological polar surface area (TPSA) is 49.4 Å². The van der Waals surface area contributed by atoms with E-state index in [2.05, 4.69) is 5.32 Å². The summed E-state index contributed by atoms with van der Waals surface area (Å²) in [4.78, 5) is 1.04. The smallest absolute Gasteiger partial charge is 0.252 e. The van der Waals surface area contributed by atoms with E-state index in [9.17, 15) is 8.42 Å². The van der Waals surface area contributed by atoms with Gasteiger partial charge in [-0.05, 0) is 25.1 Å². The summed E-state index contributed by atoms with van der Waals surface area (Å²) in [5.41, 5.74) is 0. The van der Waals surface area contributed by atoms with Crippen LogP contribution in [-0.4, -0.2) is 32.9 Å². The number of sulfonamides is 1. The van der Waals surface area contributed by atoms with Crippen LogP contribution in [0.25, 0.3) is 0 Å². The highest BCUT2D eigenvalue weighted by atomic mass is 32.2. The normalized spacial score (nSPS) is 12.6. The molecule has 4 nitrogen and oxygen atoms in total. The number of thiophene rings is 1. The highest BCUT2D eigenvalue weighted by molar-refractivity contribution is 7.91. The Hall–Kier alpha value is -0.430. The second kappa shape index (κ2) is 6.65. The summed E-state index contributed by atoms with van der Waals surface area (Å²) >= 11 is 1.34. The van der Waals surface area contributed by atoms with Crippen LogP contribution in [0.1, 0.15) is 25.6 Å². The molecule has 0 amide bonds. The minimum Gasteiger partial charge on any atom is -0.315 e. The molecule has 104 valence electrons. The lowest BCUT2D eigenvalue weighted by atomic mass is 10.2. The zero-order valence-corrected chi connectivity index (χ0v) is 13.1. The maximum atomic E-state index is 12.4. The SMILES string of the molecule is CCN(CC(C)C)S(=O)(=O)c1ccc(CNC)s1. The number of hydrogen-bond donors (Lipinski definition) is 1. The average molecular weight is 290 g/mol. The van der Waals surface area contributed by atoms with Crippen molar-refractivity contribution in [1.29, 1.82) is 0 Å². The van der Waals surface area contributed by atoms with Crippen LogP contribution in [-0.2, 0) is 16.6 Å². The lowest BCUT2D eigenvalue weighted by Gasteiger charge is -2.21. The van der Waals surface area contributed by atoms with Crippen LogP contribution in [0.2, 0.25) is 0 Å². The third kappa shape index (κ3) is 3.78. The number of nitrogens with zero attached hydrogens (tertiary/aromatic N) is 1. The summed E-state index contributed by atoms with van der Waals surface area (Å²) in [5, 5.41) is 3.03. The molecule has 1 rings (SSSR count). The molecule has 0 atom stereocenters. The van der Waals surface area contributed by atoms with Gasteiger partial charge in [0.25, 0.3) is 10.0 Å². The first-order valence-corrected chi connectivity index (χ1v) is 8.41. The molecular weight excluding hydrogens is 268 g/mol. The van der Waals surface area contributed by atoms with Crippen molar-refractivity contribution in [2.75, 3.05) is 20.1 Å². The van der Waals surface area contributed by atoms with Gasteiger partial charge in [-0.1, -0.05) is 20.8 Å². The molecule has 0 spiro atoms. The fourth-order valence-electron chi connectivity index (χ4n) is 1.70. The van der Waals surface area contributed by atoms with Crippen LogP contribution in [0.4, 0.5) is 0 Å². The third-order valence-corrected chi connectivity index (χ3v) is 6.00. The van der Waals surface area contributed by atoms with Gasteiger partial charge < -0.3 is 5.32 Å². The predicted molar refractivity (Wildman–Crippen MR) is 76.4 cm³/mol. The van der Waals surface area contributed by atoms with Gasteiger partial charge in [-0.3, -0.25) is 0 Å². The maximum absolute atomic E-state index is 12.4. The lowest BCUT2D eigenvalue weighted by molar-refractivity contribution is 0.382. The molecular formula is C12H22N2O2S2. The molecule has 0 aliphatic carbocycles. The van der Waals surface area contributed by atoms with Crippen molar-refractivity contribution in [2.45, 2.75) is 31.5 Å². The largest absolute Gasteiger partial charge is 0.315 e. The summed E-state index contributed by atoms with van der Waals surface area (Å²) < 4.78 is 26.9. The lowest BCUT2D eigenvalue weighted by Crippen LogP contribution is -2.33. The van der Waals surface area contributed by atoms with Gasteiger partial charge in [-0.25, -0.2) is 8.42 Å². The fraction of sp³-hybridized carbons (Fsp3) is 0.667. The molecule has 1 aromatic heterocycles. The van der Waals surface area contributed by atoms with Crippen LogP contribution in [0.15, 0.2) is 16.3 Å². The zero-order valence-electron chi connectivity index (χ0n) is 11.4. The van der Waals surface area contributed by atoms with Gasteiger partial charge in [0.05, 0.1) is 0 Å². The Morgan fingerprint density at radius 2 is 2.06 bits per heavy atom. The Morgan fingerprint density at radius 1 is 1.39 bits per heavy atom. The van der Waals surface area contributed by atoms with Crippen LogP contribution < -0.4 is 5.32 Å². The molecule has 0 radical (unpaired) electrons. The summed E-state index contributed by atoms with van der Waals surface area (Å²) in [7, 11) is -1.47. The van der Waals surface area contributed by atoms with Crippen molar-refractivity contribution in [3.05, 3.63) is 17.0 Å². The minimum atomic E-state index is -3.32. The van der Waals surface area contributed by atoms with E-state index in [1.165, 1.54) is 11.3 Å². The summed E-state index contributed by atoms with van der Waals surface area (Å²) in [6.07, 6.45) is 0. The average Bonchev–Trinajstić information content (AvgIpc) is 2.75. The molecule has 0 saturated heterocycles. The van der Waals surface area contributed by atoms with Crippen LogP contribution in [0.5, 0.6) is 0 Å². The van der Waals surface area contributed by atoms with E-state index in [-0.39, 0.29) is 0 Å². The van der Waals surface area contributed by atoms with Crippen molar-refractivity contribution in [1.82, 2.24) is 9.62 Å². The quantitative estimate of drug-likeness (QED) is 0.837. The first-order valence-electron chi connectivity index (χ1n) is 6.15. The fourth-order valence-corrected chi connectivity index (χ4v) is 4.83. The number of rotatable bonds is 7. The van der Waals surface area contributed by atoms with Crippen molar-refractivity contribution in [3.63, 3.8) is 0 Å². The second-order valence-electron chi connectivity index (χ2n) is 4.60. The Morgan fingerprint density at radius 3 is 2.56 bits per heavy atom.